The maximum atomic E-state index is 11.9. The SMILES string of the molecule is CCC(C)NC(=O)c1nn2c(c1C)OCC2. The summed E-state index contributed by atoms with van der Waals surface area (Å²) in [5, 5.41) is 7.16. The van der Waals surface area contributed by atoms with Crippen LogP contribution in [0.25, 0.3) is 0 Å². The molecule has 1 aliphatic rings. The van der Waals surface area contributed by atoms with Crippen molar-refractivity contribution in [1.82, 2.24) is 15.1 Å². The summed E-state index contributed by atoms with van der Waals surface area (Å²) in [5.74, 6) is 0.617. The molecule has 0 aromatic carbocycles. The molecule has 16 heavy (non-hydrogen) atoms. The summed E-state index contributed by atoms with van der Waals surface area (Å²) in [6.45, 7) is 7.26. The van der Waals surface area contributed by atoms with E-state index in [1.165, 1.54) is 0 Å². The molecule has 1 aliphatic heterocycles. The van der Waals surface area contributed by atoms with Crippen LogP contribution in [-0.4, -0.2) is 28.3 Å². The molecule has 2 heterocycles. The molecule has 2 rings (SSSR count). The van der Waals surface area contributed by atoms with Crippen molar-refractivity contribution in [2.45, 2.75) is 39.8 Å². The number of nitrogens with one attached hydrogen (secondary N) is 1. The summed E-state index contributed by atoms with van der Waals surface area (Å²) in [5.41, 5.74) is 1.31. The first kappa shape index (κ1) is 11.0. The molecule has 0 bridgehead atoms. The van der Waals surface area contributed by atoms with E-state index in [4.69, 9.17) is 4.74 Å². The average Bonchev–Trinajstić information content (AvgIpc) is 2.81. The largest absolute Gasteiger partial charge is 0.476 e. The summed E-state index contributed by atoms with van der Waals surface area (Å²) in [6, 6.07) is 0.171. The average molecular weight is 223 g/mol. The molecule has 0 aliphatic carbocycles. The maximum Gasteiger partial charge on any atom is 0.272 e. The van der Waals surface area contributed by atoms with E-state index in [-0.39, 0.29) is 11.9 Å². The van der Waals surface area contributed by atoms with E-state index in [0.29, 0.717) is 12.3 Å². The van der Waals surface area contributed by atoms with Crippen molar-refractivity contribution >= 4 is 5.91 Å². The highest BCUT2D eigenvalue weighted by atomic mass is 16.5. The molecular formula is C11H17N3O2. The fourth-order valence-corrected chi connectivity index (χ4v) is 1.71. The van der Waals surface area contributed by atoms with E-state index in [0.717, 1.165) is 24.4 Å². The van der Waals surface area contributed by atoms with Crippen LogP contribution in [0.15, 0.2) is 0 Å². The number of rotatable bonds is 3. The Morgan fingerprint density at radius 1 is 1.69 bits per heavy atom. The van der Waals surface area contributed by atoms with Gasteiger partial charge in [-0.1, -0.05) is 6.92 Å². The summed E-state index contributed by atoms with van der Waals surface area (Å²) >= 11 is 0. The van der Waals surface area contributed by atoms with Gasteiger partial charge in [0.15, 0.2) is 5.69 Å². The van der Waals surface area contributed by atoms with Crippen molar-refractivity contribution in [3.63, 3.8) is 0 Å². The first-order chi connectivity index (χ1) is 7.63. The zero-order valence-electron chi connectivity index (χ0n) is 9.91. The van der Waals surface area contributed by atoms with Crippen LogP contribution in [0, 0.1) is 6.92 Å². The van der Waals surface area contributed by atoms with Gasteiger partial charge in [-0.05, 0) is 20.3 Å². The van der Waals surface area contributed by atoms with Gasteiger partial charge < -0.3 is 10.1 Å². The van der Waals surface area contributed by atoms with E-state index in [2.05, 4.69) is 10.4 Å². The Balaban J connectivity index is 2.18. The number of ether oxygens (including phenoxy) is 1. The molecule has 0 saturated heterocycles. The third-order valence-corrected chi connectivity index (χ3v) is 2.88. The molecule has 0 saturated carbocycles. The topological polar surface area (TPSA) is 56.2 Å². The number of amides is 1. The van der Waals surface area contributed by atoms with Crippen LogP contribution >= 0.6 is 0 Å². The molecule has 1 N–H and O–H groups in total. The van der Waals surface area contributed by atoms with Crippen LogP contribution in [0.5, 0.6) is 5.88 Å². The van der Waals surface area contributed by atoms with E-state index < -0.39 is 0 Å². The van der Waals surface area contributed by atoms with Gasteiger partial charge in [0.05, 0.1) is 6.54 Å². The molecule has 0 spiro atoms. The van der Waals surface area contributed by atoms with Gasteiger partial charge in [0.25, 0.3) is 5.91 Å². The molecule has 1 unspecified atom stereocenters. The normalized spacial score (nSPS) is 15.4. The molecule has 5 heteroatoms. The van der Waals surface area contributed by atoms with Gasteiger partial charge in [0.2, 0.25) is 5.88 Å². The standard InChI is InChI=1S/C11H17N3O2/c1-4-7(2)12-10(15)9-8(3)11-14(13-9)5-6-16-11/h7H,4-6H2,1-3H3,(H,12,15). The van der Waals surface area contributed by atoms with E-state index >= 15 is 0 Å². The fraction of sp³-hybridized carbons (Fsp3) is 0.636. The van der Waals surface area contributed by atoms with Gasteiger partial charge in [-0.25, -0.2) is 4.68 Å². The number of hydrogen-bond donors (Lipinski definition) is 1. The molecule has 1 atom stereocenters. The smallest absolute Gasteiger partial charge is 0.272 e. The van der Waals surface area contributed by atoms with E-state index in [9.17, 15) is 4.79 Å². The minimum atomic E-state index is -0.114. The quantitative estimate of drug-likeness (QED) is 0.835. The predicted octanol–water partition coefficient (Wildman–Crippen LogP) is 1.11. The molecule has 1 aromatic heterocycles. The van der Waals surface area contributed by atoms with Crippen LogP contribution in [0.3, 0.4) is 0 Å². The van der Waals surface area contributed by atoms with Gasteiger partial charge in [0.1, 0.15) is 6.61 Å². The van der Waals surface area contributed by atoms with E-state index in [1.807, 2.05) is 20.8 Å². The number of aromatic nitrogens is 2. The zero-order valence-corrected chi connectivity index (χ0v) is 9.91. The summed E-state index contributed by atoms with van der Waals surface area (Å²) in [7, 11) is 0. The second-order valence-corrected chi connectivity index (χ2v) is 4.13. The lowest BCUT2D eigenvalue weighted by Gasteiger charge is -2.10. The number of fused-ring (bicyclic) bond motifs is 1. The van der Waals surface area contributed by atoms with Gasteiger partial charge in [-0.15, -0.1) is 0 Å². The van der Waals surface area contributed by atoms with Crippen LogP contribution in [0.2, 0.25) is 0 Å². The highest BCUT2D eigenvalue weighted by Gasteiger charge is 2.24. The Bertz CT molecular complexity index is 412. The first-order valence-electron chi connectivity index (χ1n) is 5.64. The minimum Gasteiger partial charge on any atom is -0.476 e. The Morgan fingerprint density at radius 3 is 3.06 bits per heavy atom. The number of nitrogens with zero attached hydrogens (tertiary/aromatic N) is 2. The second kappa shape index (κ2) is 4.15. The third-order valence-electron chi connectivity index (χ3n) is 2.88. The Hall–Kier alpha value is -1.52. The molecular weight excluding hydrogens is 206 g/mol. The Labute approximate surface area is 94.8 Å². The molecule has 1 amide bonds. The molecule has 0 fully saturated rings. The van der Waals surface area contributed by atoms with Crippen LogP contribution < -0.4 is 10.1 Å². The monoisotopic (exact) mass is 223 g/mol. The van der Waals surface area contributed by atoms with E-state index in [1.54, 1.807) is 4.68 Å². The maximum absolute atomic E-state index is 11.9. The second-order valence-electron chi connectivity index (χ2n) is 4.13. The molecule has 0 radical (unpaired) electrons. The van der Waals surface area contributed by atoms with Gasteiger partial charge in [0, 0.05) is 11.6 Å². The molecule has 5 nitrogen and oxygen atoms in total. The minimum absolute atomic E-state index is 0.114. The number of carbonyl (C=O) groups is 1. The third kappa shape index (κ3) is 1.77. The van der Waals surface area contributed by atoms with Crippen molar-refractivity contribution in [2.75, 3.05) is 6.61 Å². The van der Waals surface area contributed by atoms with Crippen LogP contribution in [0.1, 0.15) is 36.3 Å². The summed E-state index contributed by atoms with van der Waals surface area (Å²) in [6.07, 6.45) is 0.912. The van der Waals surface area contributed by atoms with Gasteiger partial charge in [-0.2, -0.15) is 5.10 Å². The predicted molar refractivity (Wildman–Crippen MR) is 59.7 cm³/mol. The van der Waals surface area contributed by atoms with Crippen LogP contribution in [-0.2, 0) is 6.54 Å². The van der Waals surface area contributed by atoms with Crippen LogP contribution in [0.4, 0.5) is 0 Å². The molecule has 88 valence electrons. The molecule has 1 aromatic rings. The summed E-state index contributed by atoms with van der Waals surface area (Å²) in [4.78, 5) is 11.9. The van der Waals surface area contributed by atoms with Crippen molar-refractivity contribution < 1.29 is 9.53 Å². The van der Waals surface area contributed by atoms with Crippen molar-refractivity contribution in [2.24, 2.45) is 0 Å². The number of carbonyl (C=O) groups excluding carboxylic acids is 1. The lowest BCUT2D eigenvalue weighted by molar-refractivity contribution is 0.0932. The highest BCUT2D eigenvalue weighted by Crippen LogP contribution is 2.25. The summed E-state index contributed by atoms with van der Waals surface area (Å²) < 4.78 is 7.16. The Kier molecular flexibility index (Phi) is 2.85. The fourth-order valence-electron chi connectivity index (χ4n) is 1.71. The van der Waals surface area contributed by atoms with Crippen molar-refractivity contribution in [1.29, 1.82) is 0 Å². The number of hydrogen-bond acceptors (Lipinski definition) is 3. The lowest BCUT2D eigenvalue weighted by Crippen LogP contribution is -2.32. The van der Waals surface area contributed by atoms with Crippen molar-refractivity contribution in [3.05, 3.63) is 11.3 Å². The van der Waals surface area contributed by atoms with Crippen molar-refractivity contribution in [3.8, 4) is 5.88 Å². The first-order valence-corrected chi connectivity index (χ1v) is 5.64. The zero-order chi connectivity index (χ0) is 11.7. The highest BCUT2D eigenvalue weighted by molar-refractivity contribution is 5.94. The van der Waals surface area contributed by atoms with Gasteiger partial charge in [-0.3, -0.25) is 4.79 Å². The lowest BCUT2D eigenvalue weighted by atomic mass is 10.2. The Morgan fingerprint density at radius 2 is 2.44 bits per heavy atom. The van der Waals surface area contributed by atoms with Gasteiger partial charge >= 0.3 is 0 Å².